The minimum Gasteiger partial charge on any atom is -0.481 e. The molecule has 0 amide bonds. The second-order valence-electron chi connectivity index (χ2n) is 4.61. The van der Waals surface area contributed by atoms with Crippen molar-refractivity contribution in [1.29, 1.82) is 0 Å². The highest BCUT2D eigenvalue weighted by Gasteiger charge is 2.49. The molecule has 0 spiro atoms. The summed E-state index contributed by atoms with van der Waals surface area (Å²) in [6, 6.07) is 2.97. The fourth-order valence-electron chi connectivity index (χ4n) is 2.37. The lowest BCUT2D eigenvalue weighted by molar-refractivity contribution is -0.149. The minimum absolute atomic E-state index is 0.0876. The predicted octanol–water partition coefficient (Wildman–Crippen LogP) is 3.27. The number of pyridine rings is 1. The number of alkyl halides is 2. The molecular formula is C12H12ClF2NO2. The molecule has 3 nitrogen and oxygen atoms in total. The largest absolute Gasteiger partial charge is 0.481 e. The zero-order valence-corrected chi connectivity index (χ0v) is 10.3. The fraction of sp³-hybridized carbons (Fsp3) is 0.500. The molecule has 1 saturated carbocycles. The molecular weight excluding hydrogens is 264 g/mol. The zero-order chi connectivity index (χ0) is 13.4. The molecule has 0 radical (unpaired) electrons. The fourth-order valence-corrected chi connectivity index (χ4v) is 2.54. The van der Waals surface area contributed by atoms with Crippen LogP contribution in [0, 0.1) is 0 Å². The maximum atomic E-state index is 13.2. The molecule has 0 unspecified atom stereocenters. The number of aliphatic carboxylic acids is 1. The Labute approximate surface area is 108 Å². The second-order valence-corrected chi connectivity index (χ2v) is 5.00. The molecule has 0 atom stereocenters. The van der Waals surface area contributed by atoms with Crippen molar-refractivity contribution < 1.29 is 18.7 Å². The van der Waals surface area contributed by atoms with Crippen LogP contribution in [0.3, 0.4) is 0 Å². The number of carbonyl (C=O) groups is 1. The van der Waals surface area contributed by atoms with Crippen molar-refractivity contribution in [1.82, 2.24) is 4.98 Å². The summed E-state index contributed by atoms with van der Waals surface area (Å²) in [6.07, 6.45) is 0.388. The highest BCUT2D eigenvalue weighted by molar-refractivity contribution is 6.29. The van der Waals surface area contributed by atoms with Gasteiger partial charge in [0.05, 0.1) is 5.41 Å². The van der Waals surface area contributed by atoms with Crippen LogP contribution >= 0.6 is 11.6 Å². The average molecular weight is 276 g/mol. The monoisotopic (exact) mass is 275 g/mol. The van der Waals surface area contributed by atoms with E-state index < -0.39 is 30.1 Å². The predicted molar refractivity (Wildman–Crippen MR) is 62.0 cm³/mol. The van der Waals surface area contributed by atoms with E-state index in [0.29, 0.717) is 5.56 Å². The highest BCUT2D eigenvalue weighted by atomic mass is 35.5. The third kappa shape index (κ3) is 2.32. The molecule has 1 N–H and O–H groups in total. The molecule has 1 aliphatic carbocycles. The summed E-state index contributed by atoms with van der Waals surface area (Å²) in [5, 5.41) is 9.57. The number of aromatic nitrogens is 1. The van der Waals surface area contributed by atoms with E-state index in [2.05, 4.69) is 4.98 Å². The van der Waals surface area contributed by atoms with E-state index in [1.54, 1.807) is 0 Å². The van der Waals surface area contributed by atoms with Gasteiger partial charge in [-0.3, -0.25) is 4.79 Å². The van der Waals surface area contributed by atoms with Gasteiger partial charge in [0, 0.05) is 19.0 Å². The summed E-state index contributed by atoms with van der Waals surface area (Å²) in [7, 11) is 0. The first-order valence-corrected chi connectivity index (χ1v) is 5.97. The number of carboxylic acid groups (broad SMARTS) is 1. The standard InChI is InChI=1S/C12H12ClF2NO2/c13-9-7-8(1-6-16-9)11(10(17)18)2-4-12(14,15)5-3-11/h1,6-7H,2-5H2,(H,17,18). The van der Waals surface area contributed by atoms with E-state index in [1.165, 1.54) is 18.3 Å². The Balaban J connectivity index is 2.38. The average Bonchev–Trinajstić information content (AvgIpc) is 2.29. The van der Waals surface area contributed by atoms with Crippen molar-refractivity contribution in [3.63, 3.8) is 0 Å². The van der Waals surface area contributed by atoms with Crippen molar-refractivity contribution in [2.75, 3.05) is 0 Å². The molecule has 1 fully saturated rings. The minimum atomic E-state index is -2.77. The van der Waals surface area contributed by atoms with Gasteiger partial charge in [-0.2, -0.15) is 0 Å². The maximum absolute atomic E-state index is 13.2. The Bertz CT molecular complexity index is 469. The summed E-state index contributed by atoms with van der Waals surface area (Å²) in [5.74, 6) is -3.85. The van der Waals surface area contributed by atoms with Crippen LogP contribution in [0.15, 0.2) is 18.3 Å². The summed E-state index contributed by atoms with van der Waals surface area (Å²) >= 11 is 5.73. The number of hydrogen-bond donors (Lipinski definition) is 1. The lowest BCUT2D eigenvalue weighted by atomic mass is 9.68. The molecule has 98 valence electrons. The van der Waals surface area contributed by atoms with E-state index in [0.717, 1.165) is 0 Å². The number of halogens is 3. The van der Waals surface area contributed by atoms with Crippen molar-refractivity contribution in [2.24, 2.45) is 0 Å². The van der Waals surface area contributed by atoms with E-state index >= 15 is 0 Å². The van der Waals surface area contributed by atoms with Crippen LogP contribution < -0.4 is 0 Å². The van der Waals surface area contributed by atoms with Gasteiger partial charge in [0.2, 0.25) is 5.92 Å². The van der Waals surface area contributed by atoms with E-state index in [-0.39, 0.29) is 18.0 Å². The Morgan fingerprint density at radius 3 is 2.44 bits per heavy atom. The van der Waals surface area contributed by atoms with E-state index in [4.69, 9.17) is 11.6 Å². The van der Waals surface area contributed by atoms with Crippen LogP contribution in [-0.4, -0.2) is 22.0 Å². The Hall–Kier alpha value is -1.23. The van der Waals surface area contributed by atoms with Gasteiger partial charge in [-0.1, -0.05) is 11.6 Å². The smallest absolute Gasteiger partial charge is 0.314 e. The lowest BCUT2D eigenvalue weighted by Gasteiger charge is -2.37. The van der Waals surface area contributed by atoms with Crippen LogP contribution in [0.2, 0.25) is 5.15 Å². The van der Waals surface area contributed by atoms with Gasteiger partial charge in [-0.05, 0) is 30.5 Å². The maximum Gasteiger partial charge on any atom is 0.314 e. The molecule has 0 saturated heterocycles. The van der Waals surface area contributed by atoms with Crippen LogP contribution in [0.25, 0.3) is 0 Å². The first-order valence-electron chi connectivity index (χ1n) is 5.59. The quantitative estimate of drug-likeness (QED) is 0.843. The Morgan fingerprint density at radius 1 is 1.33 bits per heavy atom. The molecule has 18 heavy (non-hydrogen) atoms. The molecule has 6 heteroatoms. The normalized spacial score (nSPS) is 21.5. The molecule has 0 aliphatic heterocycles. The lowest BCUT2D eigenvalue weighted by Crippen LogP contribution is -2.42. The van der Waals surface area contributed by atoms with Crippen molar-refractivity contribution in [3.8, 4) is 0 Å². The van der Waals surface area contributed by atoms with E-state index in [1.807, 2.05) is 0 Å². The molecule has 2 rings (SSSR count). The van der Waals surface area contributed by atoms with Gasteiger partial charge in [0.25, 0.3) is 0 Å². The second kappa shape index (κ2) is 4.46. The van der Waals surface area contributed by atoms with Gasteiger partial charge in [-0.15, -0.1) is 0 Å². The SMILES string of the molecule is O=C(O)C1(c2ccnc(Cl)c2)CCC(F)(F)CC1. The number of carboxylic acids is 1. The highest BCUT2D eigenvalue weighted by Crippen LogP contribution is 2.45. The molecule has 0 aromatic carbocycles. The zero-order valence-electron chi connectivity index (χ0n) is 9.50. The van der Waals surface area contributed by atoms with Gasteiger partial charge in [-0.25, -0.2) is 13.8 Å². The molecule has 1 aromatic heterocycles. The summed E-state index contributed by atoms with van der Waals surface area (Å²) in [6.45, 7) is 0. The molecule has 1 aliphatic rings. The van der Waals surface area contributed by atoms with Crippen molar-refractivity contribution >= 4 is 17.6 Å². The topological polar surface area (TPSA) is 50.2 Å². The molecule has 1 heterocycles. The first kappa shape index (κ1) is 13.2. The van der Waals surface area contributed by atoms with Gasteiger partial charge >= 0.3 is 5.97 Å². The van der Waals surface area contributed by atoms with Gasteiger partial charge < -0.3 is 5.11 Å². The van der Waals surface area contributed by atoms with E-state index in [9.17, 15) is 18.7 Å². The summed E-state index contributed by atoms with van der Waals surface area (Å²) in [4.78, 5) is 15.3. The van der Waals surface area contributed by atoms with Crippen molar-refractivity contribution in [3.05, 3.63) is 29.0 Å². The molecule has 1 aromatic rings. The third-order valence-corrected chi connectivity index (χ3v) is 3.73. The summed E-state index contributed by atoms with van der Waals surface area (Å²) < 4.78 is 26.3. The Morgan fingerprint density at radius 2 is 1.94 bits per heavy atom. The number of nitrogens with zero attached hydrogens (tertiary/aromatic N) is 1. The number of rotatable bonds is 2. The molecule has 0 bridgehead atoms. The Kier molecular flexibility index (Phi) is 3.27. The van der Waals surface area contributed by atoms with Crippen LogP contribution in [0.4, 0.5) is 8.78 Å². The van der Waals surface area contributed by atoms with Crippen LogP contribution in [-0.2, 0) is 10.2 Å². The van der Waals surface area contributed by atoms with Gasteiger partial charge in [0.1, 0.15) is 5.15 Å². The first-order chi connectivity index (χ1) is 8.36. The van der Waals surface area contributed by atoms with Crippen LogP contribution in [0.5, 0.6) is 0 Å². The van der Waals surface area contributed by atoms with Crippen LogP contribution in [0.1, 0.15) is 31.2 Å². The van der Waals surface area contributed by atoms with Crippen molar-refractivity contribution in [2.45, 2.75) is 37.0 Å². The number of hydrogen-bond acceptors (Lipinski definition) is 2. The van der Waals surface area contributed by atoms with Gasteiger partial charge in [0.15, 0.2) is 0 Å². The third-order valence-electron chi connectivity index (χ3n) is 3.52. The summed E-state index contributed by atoms with van der Waals surface area (Å²) in [5.41, 5.74) is -0.820.